The molecule has 41 heavy (non-hydrogen) atoms. The largest absolute Gasteiger partial charge is 0.480 e. The van der Waals surface area contributed by atoms with E-state index in [-0.39, 0.29) is 18.4 Å². The van der Waals surface area contributed by atoms with Crippen LogP contribution in [0.2, 0.25) is 0 Å². The number of rotatable bonds is 14. The molecule has 0 spiro atoms. The fourth-order valence-corrected chi connectivity index (χ4v) is 6.20. The first-order valence-electron chi connectivity index (χ1n) is 13.9. The second kappa shape index (κ2) is 14.3. The quantitative estimate of drug-likeness (QED) is 0.194. The predicted molar refractivity (Wildman–Crippen MR) is 154 cm³/mol. The molecule has 2 N–H and O–H groups in total. The number of anilines is 1. The van der Waals surface area contributed by atoms with Crippen LogP contribution < -0.4 is 10.2 Å². The van der Waals surface area contributed by atoms with Crippen molar-refractivity contribution in [2.75, 3.05) is 30.3 Å². The molecule has 0 aromatic heterocycles. The third-order valence-electron chi connectivity index (χ3n) is 7.15. The summed E-state index contributed by atoms with van der Waals surface area (Å²) in [4.78, 5) is 66.1. The van der Waals surface area contributed by atoms with Gasteiger partial charge in [-0.3, -0.25) is 39.1 Å². The SMILES string of the molecule is CCOC(=O)[C@@H](CCCCCCCN1C(=O)c2ccccc2C1=O)NC1CSc2ccccc2N(CC(=O)O)C1=O. The van der Waals surface area contributed by atoms with Gasteiger partial charge in [0, 0.05) is 17.2 Å². The fraction of sp³-hybridized carbons (Fsp3) is 0.433. The van der Waals surface area contributed by atoms with Gasteiger partial charge in [-0.05, 0) is 44.0 Å². The Bertz CT molecular complexity index is 1270. The van der Waals surface area contributed by atoms with Gasteiger partial charge in [0.2, 0.25) is 5.91 Å². The van der Waals surface area contributed by atoms with E-state index in [1.165, 1.54) is 21.6 Å². The zero-order valence-corrected chi connectivity index (χ0v) is 23.9. The van der Waals surface area contributed by atoms with E-state index in [0.717, 1.165) is 24.2 Å². The highest BCUT2D eigenvalue weighted by Crippen LogP contribution is 2.34. The lowest BCUT2D eigenvalue weighted by atomic mass is 10.0. The summed E-state index contributed by atoms with van der Waals surface area (Å²) < 4.78 is 5.27. The number of carboxylic acids is 1. The number of hydrogen-bond donors (Lipinski definition) is 2. The first-order chi connectivity index (χ1) is 19.8. The molecule has 1 unspecified atom stereocenters. The average Bonchev–Trinajstić information content (AvgIpc) is 3.12. The van der Waals surface area contributed by atoms with Gasteiger partial charge in [0.1, 0.15) is 12.6 Å². The van der Waals surface area contributed by atoms with E-state index in [1.807, 2.05) is 12.1 Å². The minimum Gasteiger partial charge on any atom is -0.480 e. The molecule has 2 atom stereocenters. The maximum atomic E-state index is 13.4. The van der Waals surface area contributed by atoms with Crippen molar-refractivity contribution in [3.05, 3.63) is 59.7 Å². The van der Waals surface area contributed by atoms with Gasteiger partial charge in [0.25, 0.3) is 11.8 Å². The highest BCUT2D eigenvalue weighted by atomic mass is 32.2. The molecule has 10 nitrogen and oxygen atoms in total. The Morgan fingerprint density at radius 2 is 1.59 bits per heavy atom. The number of nitrogens with zero attached hydrogens (tertiary/aromatic N) is 2. The summed E-state index contributed by atoms with van der Waals surface area (Å²) in [6.45, 7) is 1.83. The highest BCUT2D eigenvalue weighted by molar-refractivity contribution is 7.99. The number of benzene rings is 2. The Labute approximate surface area is 243 Å². The summed E-state index contributed by atoms with van der Waals surface area (Å²) in [5.74, 6) is -2.10. The van der Waals surface area contributed by atoms with E-state index in [9.17, 15) is 29.1 Å². The fourth-order valence-electron chi connectivity index (χ4n) is 5.12. The smallest absolute Gasteiger partial charge is 0.323 e. The molecule has 2 aliphatic rings. The Hall–Kier alpha value is -3.70. The molecular formula is C30H35N3O7S. The van der Waals surface area contributed by atoms with E-state index in [1.54, 1.807) is 43.3 Å². The number of imide groups is 1. The number of unbranched alkanes of at least 4 members (excludes halogenated alkanes) is 4. The second-order valence-electron chi connectivity index (χ2n) is 9.98. The monoisotopic (exact) mass is 581 g/mol. The number of thioether (sulfide) groups is 1. The molecule has 0 saturated carbocycles. The van der Waals surface area contributed by atoms with Crippen LogP contribution in [0.3, 0.4) is 0 Å². The van der Waals surface area contributed by atoms with Gasteiger partial charge >= 0.3 is 11.9 Å². The number of hydrogen-bond acceptors (Lipinski definition) is 8. The van der Waals surface area contributed by atoms with Gasteiger partial charge < -0.3 is 9.84 Å². The standard InChI is InChI=1S/C30H35N3O7S/c1-2-40-30(39)22(31-23-19-41-25-16-10-9-15-24(25)33(29(23)38)18-26(34)35)14-6-4-3-5-11-17-32-27(36)20-12-7-8-13-21(20)28(32)37/h7-10,12-13,15-16,22-23,31H,2-6,11,14,17-19H2,1H3,(H,34,35)/t22-,23?/m1/s1. The van der Waals surface area contributed by atoms with Crippen LogP contribution in [0, 0.1) is 0 Å². The number of ether oxygens (including phenoxy) is 1. The van der Waals surface area contributed by atoms with Crippen LogP contribution in [0.15, 0.2) is 53.4 Å². The van der Waals surface area contributed by atoms with Crippen molar-refractivity contribution in [3.8, 4) is 0 Å². The van der Waals surface area contributed by atoms with Crippen LogP contribution in [-0.4, -0.2) is 77.2 Å². The first kappa shape index (κ1) is 30.3. The molecule has 3 amide bonds. The molecule has 0 saturated heterocycles. The Morgan fingerprint density at radius 3 is 2.27 bits per heavy atom. The number of para-hydroxylation sites is 1. The molecule has 2 aromatic carbocycles. The van der Waals surface area contributed by atoms with Crippen molar-refractivity contribution >= 4 is 47.1 Å². The number of fused-ring (bicyclic) bond motifs is 2. The van der Waals surface area contributed by atoms with E-state index < -0.39 is 36.5 Å². The van der Waals surface area contributed by atoms with Crippen molar-refractivity contribution in [2.24, 2.45) is 0 Å². The molecule has 218 valence electrons. The van der Waals surface area contributed by atoms with Crippen molar-refractivity contribution in [3.63, 3.8) is 0 Å². The molecule has 11 heteroatoms. The summed E-state index contributed by atoms with van der Waals surface area (Å²) in [5.41, 5.74) is 1.45. The van der Waals surface area contributed by atoms with E-state index in [0.29, 0.717) is 48.4 Å². The number of amides is 3. The minimum absolute atomic E-state index is 0.207. The molecular weight excluding hydrogens is 546 g/mol. The van der Waals surface area contributed by atoms with Gasteiger partial charge in [0.15, 0.2) is 0 Å². The van der Waals surface area contributed by atoms with Gasteiger partial charge in [-0.15, -0.1) is 11.8 Å². The van der Waals surface area contributed by atoms with E-state index in [2.05, 4.69) is 5.32 Å². The minimum atomic E-state index is -1.12. The number of esters is 1. The van der Waals surface area contributed by atoms with Crippen molar-refractivity contribution in [2.45, 2.75) is 62.4 Å². The van der Waals surface area contributed by atoms with Crippen molar-refractivity contribution in [1.29, 1.82) is 0 Å². The molecule has 2 aromatic rings. The molecule has 0 radical (unpaired) electrons. The topological polar surface area (TPSA) is 133 Å². The molecule has 0 fully saturated rings. The zero-order valence-electron chi connectivity index (χ0n) is 23.0. The number of carboxylic acid groups (broad SMARTS) is 1. The van der Waals surface area contributed by atoms with Crippen molar-refractivity contribution in [1.82, 2.24) is 10.2 Å². The van der Waals surface area contributed by atoms with E-state index in [4.69, 9.17) is 4.74 Å². The lowest BCUT2D eigenvalue weighted by molar-refractivity contribution is -0.146. The van der Waals surface area contributed by atoms with Crippen LogP contribution in [0.4, 0.5) is 5.69 Å². The first-order valence-corrected chi connectivity index (χ1v) is 14.9. The number of carbonyl (C=O) groups is 5. The van der Waals surface area contributed by atoms with Crippen molar-refractivity contribution < 1.29 is 33.8 Å². The second-order valence-corrected chi connectivity index (χ2v) is 11.0. The summed E-state index contributed by atoms with van der Waals surface area (Å²) in [5, 5.41) is 12.6. The highest BCUT2D eigenvalue weighted by Gasteiger charge is 2.36. The Balaban J connectivity index is 1.27. The third-order valence-corrected chi connectivity index (χ3v) is 8.30. The molecule has 2 aliphatic heterocycles. The van der Waals surface area contributed by atoms with Gasteiger partial charge in [-0.25, -0.2) is 0 Å². The Kier molecular flexibility index (Phi) is 10.5. The van der Waals surface area contributed by atoms with Gasteiger partial charge in [-0.1, -0.05) is 49.9 Å². The van der Waals surface area contributed by atoms with Crippen LogP contribution in [0.25, 0.3) is 0 Å². The molecule has 0 aliphatic carbocycles. The summed E-state index contributed by atoms with van der Waals surface area (Å²) in [6.07, 6.45) is 4.36. The number of aliphatic carboxylic acids is 1. The molecule has 0 bridgehead atoms. The summed E-state index contributed by atoms with van der Waals surface area (Å²) in [6, 6.07) is 12.5. The molecule has 2 heterocycles. The van der Waals surface area contributed by atoms with Crippen LogP contribution in [-0.2, 0) is 19.1 Å². The predicted octanol–water partition coefficient (Wildman–Crippen LogP) is 3.74. The van der Waals surface area contributed by atoms with Gasteiger partial charge in [0.05, 0.1) is 29.5 Å². The molecule has 4 rings (SSSR count). The van der Waals surface area contributed by atoms with Gasteiger partial charge in [-0.2, -0.15) is 0 Å². The summed E-state index contributed by atoms with van der Waals surface area (Å²) >= 11 is 1.44. The normalized spacial score (nSPS) is 17.2. The lowest BCUT2D eigenvalue weighted by Crippen LogP contribution is -2.54. The number of carbonyl (C=O) groups excluding carboxylic acids is 4. The summed E-state index contributed by atoms with van der Waals surface area (Å²) in [7, 11) is 0. The maximum absolute atomic E-state index is 13.4. The average molecular weight is 582 g/mol. The lowest BCUT2D eigenvalue weighted by Gasteiger charge is -2.27. The van der Waals surface area contributed by atoms with Crippen LogP contribution in [0.1, 0.15) is 66.2 Å². The zero-order chi connectivity index (χ0) is 29.4. The third kappa shape index (κ3) is 7.34. The maximum Gasteiger partial charge on any atom is 0.323 e. The van der Waals surface area contributed by atoms with Crippen LogP contribution >= 0.6 is 11.8 Å². The van der Waals surface area contributed by atoms with Crippen LogP contribution in [0.5, 0.6) is 0 Å². The number of nitrogens with one attached hydrogen (secondary N) is 1. The van der Waals surface area contributed by atoms with E-state index >= 15 is 0 Å². The Morgan fingerprint density at radius 1 is 0.951 bits per heavy atom.